The van der Waals surface area contributed by atoms with E-state index >= 15 is 0 Å². The van der Waals surface area contributed by atoms with Gasteiger partial charge in [-0.1, -0.05) is 60.7 Å². The van der Waals surface area contributed by atoms with E-state index in [0.717, 1.165) is 16.8 Å². The lowest BCUT2D eigenvalue weighted by Crippen LogP contribution is -2.36. The van der Waals surface area contributed by atoms with Crippen molar-refractivity contribution in [3.8, 4) is 0 Å². The average molecular weight is 402 g/mol. The maximum Gasteiger partial charge on any atom is 0.262 e. The number of benzene rings is 3. The molecule has 0 radical (unpaired) electrons. The first-order valence-corrected chi connectivity index (χ1v) is 9.79. The van der Waals surface area contributed by atoms with Crippen LogP contribution in [0.25, 0.3) is 0 Å². The lowest BCUT2D eigenvalue weighted by molar-refractivity contribution is -0.143. The number of hydroxylamine groups is 1. The summed E-state index contributed by atoms with van der Waals surface area (Å²) < 4.78 is 13.5. The fourth-order valence-electron chi connectivity index (χ4n) is 4.19. The zero-order chi connectivity index (χ0) is 20.7. The van der Waals surface area contributed by atoms with Crippen molar-refractivity contribution in [1.82, 2.24) is 4.90 Å². The van der Waals surface area contributed by atoms with E-state index < -0.39 is 18.1 Å². The summed E-state index contributed by atoms with van der Waals surface area (Å²) in [6, 6.07) is 24.2. The third kappa shape index (κ3) is 3.06. The van der Waals surface area contributed by atoms with Crippen molar-refractivity contribution in [2.24, 2.45) is 5.92 Å². The summed E-state index contributed by atoms with van der Waals surface area (Å²) in [4.78, 5) is 33.8. The molecule has 150 valence electrons. The number of rotatable bonds is 4. The van der Waals surface area contributed by atoms with E-state index in [1.807, 2.05) is 60.7 Å². The zero-order valence-corrected chi connectivity index (χ0v) is 16.0. The minimum atomic E-state index is -0.906. The van der Waals surface area contributed by atoms with Crippen molar-refractivity contribution in [3.63, 3.8) is 0 Å². The number of hydrogen-bond acceptors (Lipinski definition) is 4. The van der Waals surface area contributed by atoms with E-state index in [1.54, 1.807) is 17.2 Å². The Hall–Kier alpha value is -3.51. The number of halogens is 1. The summed E-state index contributed by atoms with van der Waals surface area (Å²) >= 11 is 0. The number of fused-ring (bicyclic) bond motifs is 1. The standard InChI is InChI=1S/C24H19FN2O3/c25-18-13-11-17(12-14-18)21-20-22(30-27(21)19-9-5-2-6-10-19)24(29)26(23(20)28)15-16-7-3-1-4-8-16/h1-14,20-22H,15H2/t20-,21+,22-/m1/s1. The molecule has 3 aromatic rings. The molecule has 2 aliphatic heterocycles. The third-order valence-corrected chi connectivity index (χ3v) is 5.61. The summed E-state index contributed by atoms with van der Waals surface area (Å²) in [6.07, 6.45) is -0.906. The van der Waals surface area contributed by atoms with Gasteiger partial charge in [0.05, 0.1) is 18.3 Å². The number of likely N-dealkylation sites (tertiary alicyclic amines) is 1. The van der Waals surface area contributed by atoms with Crippen LogP contribution in [-0.4, -0.2) is 22.8 Å². The molecule has 2 amide bonds. The van der Waals surface area contributed by atoms with Crippen molar-refractivity contribution in [2.75, 3.05) is 5.06 Å². The Bertz CT molecular complexity index is 1070. The smallest absolute Gasteiger partial charge is 0.262 e. The molecule has 3 aromatic carbocycles. The van der Waals surface area contributed by atoms with Gasteiger partial charge in [0.15, 0.2) is 6.10 Å². The van der Waals surface area contributed by atoms with E-state index in [9.17, 15) is 14.0 Å². The first-order valence-electron chi connectivity index (χ1n) is 9.79. The van der Waals surface area contributed by atoms with E-state index in [-0.39, 0.29) is 24.2 Å². The maximum absolute atomic E-state index is 13.5. The third-order valence-electron chi connectivity index (χ3n) is 5.61. The van der Waals surface area contributed by atoms with Gasteiger partial charge in [-0.05, 0) is 35.4 Å². The fraction of sp³-hybridized carbons (Fsp3) is 0.167. The second kappa shape index (κ2) is 7.39. The number of para-hydroxylation sites is 1. The fourth-order valence-corrected chi connectivity index (χ4v) is 4.19. The summed E-state index contributed by atoms with van der Waals surface area (Å²) in [5.41, 5.74) is 2.32. The number of nitrogens with zero attached hydrogens (tertiary/aromatic N) is 2. The molecule has 2 fully saturated rings. The minimum absolute atomic E-state index is 0.205. The van der Waals surface area contributed by atoms with Crippen LogP contribution in [0, 0.1) is 11.7 Å². The molecule has 2 aliphatic rings. The summed E-state index contributed by atoms with van der Waals surface area (Å²) in [5.74, 6) is -1.69. The van der Waals surface area contributed by atoms with Crippen molar-refractivity contribution >= 4 is 17.5 Å². The predicted octanol–water partition coefficient (Wildman–Crippen LogP) is 3.87. The highest BCUT2D eigenvalue weighted by Crippen LogP contribution is 2.46. The molecule has 2 heterocycles. The zero-order valence-electron chi connectivity index (χ0n) is 16.0. The molecule has 2 saturated heterocycles. The SMILES string of the molecule is O=C1[C@H]2[C@@H](ON(c3ccccc3)[C@H]2c2ccc(F)cc2)C(=O)N1Cc1ccccc1. The molecule has 0 unspecified atom stereocenters. The van der Waals surface area contributed by atoms with E-state index in [2.05, 4.69) is 0 Å². The minimum Gasteiger partial charge on any atom is -0.275 e. The topological polar surface area (TPSA) is 49.9 Å². The number of hydrogen-bond donors (Lipinski definition) is 0. The highest BCUT2D eigenvalue weighted by atomic mass is 19.1. The van der Waals surface area contributed by atoms with Gasteiger partial charge in [-0.25, -0.2) is 9.45 Å². The Kier molecular flexibility index (Phi) is 4.56. The predicted molar refractivity (Wildman–Crippen MR) is 108 cm³/mol. The average Bonchev–Trinajstić information content (AvgIpc) is 3.28. The largest absolute Gasteiger partial charge is 0.275 e. The van der Waals surface area contributed by atoms with Crippen LogP contribution < -0.4 is 5.06 Å². The summed E-state index contributed by atoms with van der Waals surface area (Å²) in [5, 5.41) is 1.61. The van der Waals surface area contributed by atoms with Gasteiger partial charge in [0.2, 0.25) is 5.91 Å². The monoisotopic (exact) mass is 402 g/mol. The second-order valence-electron chi connectivity index (χ2n) is 7.46. The van der Waals surface area contributed by atoms with Gasteiger partial charge < -0.3 is 0 Å². The molecule has 0 bridgehead atoms. The van der Waals surface area contributed by atoms with Crippen LogP contribution in [-0.2, 0) is 21.0 Å². The number of carbonyl (C=O) groups is 2. The molecule has 30 heavy (non-hydrogen) atoms. The number of amides is 2. The first kappa shape index (κ1) is 18.5. The number of anilines is 1. The molecule has 0 N–H and O–H groups in total. The van der Waals surface area contributed by atoms with Crippen LogP contribution in [0.5, 0.6) is 0 Å². The molecule has 5 rings (SSSR count). The lowest BCUT2D eigenvalue weighted by Gasteiger charge is -2.28. The van der Waals surface area contributed by atoms with Crippen molar-refractivity contribution in [2.45, 2.75) is 18.7 Å². The second-order valence-corrected chi connectivity index (χ2v) is 7.46. The first-order chi connectivity index (χ1) is 14.6. The van der Waals surface area contributed by atoms with Crippen LogP contribution in [0.4, 0.5) is 10.1 Å². The molecular formula is C24H19FN2O3. The maximum atomic E-state index is 13.5. The van der Waals surface area contributed by atoms with Gasteiger partial charge >= 0.3 is 0 Å². The van der Waals surface area contributed by atoms with Crippen molar-refractivity contribution in [3.05, 3.63) is 102 Å². The van der Waals surface area contributed by atoms with Gasteiger partial charge in [-0.15, -0.1) is 0 Å². The van der Waals surface area contributed by atoms with Crippen LogP contribution in [0.1, 0.15) is 17.2 Å². The molecule has 6 heteroatoms. The molecule has 0 saturated carbocycles. The summed E-state index contributed by atoms with van der Waals surface area (Å²) in [6.45, 7) is 0.205. The Morgan fingerprint density at radius 3 is 2.10 bits per heavy atom. The molecule has 3 atom stereocenters. The molecule has 0 aliphatic carbocycles. The number of imide groups is 1. The van der Waals surface area contributed by atoms with Gasteiger partial charge in [-0.3, -0.25) is 19.3 Å². The highest BCUT2D eigenvalue weighted by molar-refractivity contribution is 6.07. The molecule has 0 spiro atoms. The highest BCUT2D eigenvalue weighted by Gasteiger charge is 2.59. The summed E-state index contributed by atoms with van der Waals surface area (Å²) in [7, 11) is 0. The van der Waals surface area contributed by atoms with Crippen LogP contribution in [0.2, 0.25) is 0 Å². The van der Waals surface area contributed by atoms with Crippen molar-refractivity contribution in [1.29, 1.82) is 0 Å². The Labute approximate surface area is 173 Å². The quantitative estimate of drug-likeness (QED) is 0.622. The molecule has 0 aromatic heterocycles. The van der Waals surface area contributed by atoms with Crippen LogP contribution in [0.15, 0.2) is 84.9 Å². The van der Waals surface area contributed by atoms with Crippen molar-refractivity contribution < 1.29 is 18.8 Å². The van der Waals surface area contributed by atoms with Gasteiger partial charge in [0.1, 0.15) is 11.7 Å². The van der Waals surface area contributed by atoms with E-state index in [1.165, 1.54) is 17.0 Å². The van der Waals surface area contributed by atoms with Gasteiger partial charge in [-0.2, -0.15) is 0 Å². The normalized spacial score (nSPS) is 23.2. The lowest BCUT2D eigenvalue weighted by atomic mass is 9.90. The Morgan fingerprint density at radius 1 is 0.800 bits per heavy atom. The van der Waals surface area contributed by atoms with E-state index in [4.69, 9.17) is 4.84 Å². The number of carbonyl (C=O) groups excluding carboxylic acids is 2. The molecule has 5 nitrogen and oxygen atoms in total. The van der Waals surface area contributed by atoms with Gasteiger partial charge in [0.25, 0.3) is 5.91 Å². The Morgan fingerprint density at radius 2 is 1.43 bits per heavy atom. The van der Waals surface area contributed by atoms with Crippen LogP contribution in [0.3, 0.4) is 0 Å². The van der Waals surface area contributed by atoms with Crippen LogP contribution >= 0.6 is 0 Å². The van der Waals surface area contributed by atoms with Gasteiger partial charge in [0, 0.05) is 0 Å². The molecular weight excluding hydrogens is 383 g/mol. The van der Waals surface area contributed by atoms with E-state index in [0.29, 0.717) is 0 Å². The Balaban J connectivity index is 1.52.